The van der Waals surface area contributed by atoms with Gasteiger partial charge in [0.15, 0.2) is 0 Å². The molecule has 1 aromatic heterocycles. The van der Waals surface area contributed by atoms with Gasteiger partial charge in [0, 0.05) is 19.1 Å². The number of nitrogens with zero attached hydrogens (tertiary/aromatic N) is 3. The van der Waals surface area contributed by atoms with Crippen LogP contribution in [-0.4, -0.2) is 33.2 Å². The van der Waals surface area contributed by atoms with E-state index in [1.807, 2.05) is 54.6 Å². The fourth-order valence-corrected chi connectivity index (χ4v) is 4.81. The van der Waals surface area contributed by atoms with Crippen LogP contribution in [0.1, 0.15) is 35.6 Å². The van der Waals surface area contributed by atoms with E-state index in [1.165, 1.54) is 16.9 Å². The normalized spacial score (nSPS) is 14.7. The molecule has 0 spiro atoms. The summed E-state index contributed by atoms with van der Waals surface area (Å²) in [5.74, 6) is -0.140. The van der Waals surface area contributed by atoms with Crippen LogP contribution in [0.5, 0.6) is 0 Å². The average molecular weight is 510 g/mol. The maximum atomic E-state index is 13.4. The van der Waals surface area contributed by atoms with Crippen molar-refractivity contribution in [2.45, 2.75) is 38.1 Å². The lowest BCUT2D eigenvalue weighted by atomic mass is 10.0. The first kappa shape index (κ1) is 24.7. The maximum Gasteiger partial charge on any atom is 0.416 e. The SMILES string of the molecule is O=C(Cc1ccc(C(F)(F)F)cc1)N1CCC(n2c(=O)n(OCc3ccccc3)c3ccccc32)CC1. The molecular formula is C28H26F3N3O3. The smallest absolute Gasteiger partial charge is 0.404 e. The van der Waals surface area contributed by atoms with Gasteiger partial charge in [-0.3, -0.25) is 9.36 Å². The summed E-state index contributed by atoms with van der Waals surface area (Å²) in [7, 11) is 0. The predicted octanol–water partition coefficient (Wildman–Crippen LogP) is 4.86. The van der Waals surface area contributed by atoms with Crippen LogP contribution in [0.25, 0.3) is 11.0 Å². The fraction of sp³-hybridized carbons (Fsp3) is 0.286. The molecule has 0 radical (unpaired) electrons. The van der Waals surface area contributed by atoms with Crippen molar-refractivity contribution in [3.05, 3.63) is 106 Å². The largest absolute Gasteiger partial charge is 0.416 e. The Morgan fingerprint density at radius 1 is 0.838 bits per heavy atom. The highest BCUT2D eigenvalue weighted by Crippen LogP contribution is 2.30. The number of carbonyl (C=O) groups is 1. The van der Waals surface area contributed by atoms with Crippen molar-refractivity contribution in [3.8, 4) is 0 Å². The summed E-state index contributed by atoms with van der Waals surface area (Å²) < 4.78 is 41.5. The summed E-state index contributed by atoms with van der Waals surface area (Å²) in [5, 5.41) is 0. The summed E-state index contributed by atoms with van der Waals surface area (Å²) in [6.07, 6.45) is -3.19. The minimum absolute atomic E-state index is 0.0371. The Balaban J connectivity index is 1.27. The Hall–Kier alpha value is -4.01. The van der Waals surface area contributed by atoms with Gasteiger partial charge >= 0.3 is 11.9 Å². The Labute approximate surface area is 211 Å². The first-order valence-electron chi connectivity index (χ1n) is 12.1. The number of imidazole rings is 1. The molecule has 1 saturated heterocycles. The number of rotatable bonds is 6. The van der Waals surface area contributed by atoms with Gasteiger partial charge in [-0.15, -0.1) is 4.73 Å². The van der Waals surface area contributed by atoms with Gasteiger partial charge in [0.05, 0.1) is 17.5 Å². The number of likely N-dealkylation sites (tertiary alicyclic amines) is 1. The first-order chi connectivity index (χ1) is 17.8. The van der Waals surface area contributed by atoms with Gasteiger partial charge in [-0.2, -0.15) is 13.2 Å². The van der Waals surface area contributed by atoms with Crippen LogP contribution in [0.3, 0.4) is 0 Å². The zero-order valence-corrected chi connectivity index (χ0v) is 20.0. The molecule has 1 amide bonds. The Kier molecular flexibility index (Phi) is 6.78. The second-order valence-electron chi connectivity index (χ2n) is 9.18. The number of hydrogen-bond acceptors (Lipinski definition) is 3. The van der Waals surface area contributed by atoms with Crippen molar-refractivity contribution in [1.82, 2.24) is 14.2 Å². The summed E-state index contributed by atoms with van der Waals surface area (Å²) in [6.45, 7) is 1.17. The third kappa shape index (κ3) is 5.26. The van der Waals surface area contributed by atoms with E-state index in [-0.39, 0.29) is 30.7 Å². The molecule has 1 aliphatic heterocycles. The Morgan fingerprint density at radius 2 is 1.46 bits per heavy atom. The van der Waals surface area contributed by atoms with Crippen molar-refractivity contribution in [2.75, 3.05) is 13.1 Å². The van der Waals surface area contributed by atoms with Gasteiger partial charge in [-0.05, 0) is 48.2 Å². The number of benzene rings is 3. The molecule has 0 atom stereocenters. The minimum Gasteiger partial charge on any atom is -0.404 e. The molecule has 9 heteroatoms. The van der Waals surface area contributed by atoms with Crippen molar-refractivity contribution < 1.29 is 22.8 Å². The summed E-state index contributed by atoms with van der Waals surface area (Å²) in [6, 6.07) is 21.7. The van der Waals surface area contributed by atoms with Gasteiger partial charge in [0.1, 0.15) is 12.1 Å². The molecule has 3 aromatic carbocycles. The number of halogens is 3. The van der Waals surface area contributed by atoms with Gasteiger partial charge in [-0.25, -0.2) is 4.79 Å². The molecule has 6 nitrogen and oxygen atoms in total. The number of para-hydroxylation sites is 2. The van der Waals surface area contributed by atoms with Crippen molar-refractivity contribution in [3.63, 3.8) is 0 Å². The van der Waals surface area contributed by atoms with Crippen LogP contribution in [0.2, 0.25) is 0 Å². The molecule has 1 fully saturated rings. The van der Waals surface area contributed by atoms with Gasteiger partial charge < -0.3 is 9.74 Å². The highest BCUT2D eigenvalue weighted by molar-refractivity contribution is 5.79. The first-order valence-corrected chi connectivity index (χ1v) is 12.1. The van der Waals surface area contributed by atoms with Gasteiger partial charge in [0.25, 0.3) is 0 Å². The van der Waals surface area contributed by atoms with Crippen LogP contribution in [0.4, 0.5) is 13.2 Å². The quantitative estimate of drug-likeness (QED) is 0.373. The van der Waals surface area contributed by atoms with Crippen LogP contribution >= 0.6 is 0 Å². The minimum atomic E-state index is -4.40. The van der Waals surface area contributed by atoms with E-state index in [2.05, 4.69) is 0 Å². The second kappa shape index (κ2) is 10.2. The number of piperidine rings is 1. The second-order valence-corrected chi connectivity index (χ2v) is 9.18. The Bertz CT molecular complexity index is 1440. The molecule has 4 aromatic rings. The average Bonchev–Trinajstić information content (AvgIpc) is 3.19. The van der Waals surface area contributed by atoms with E-state index >= 15 is 0 Å². The topological polar surface area (TPSA) is 56.5 Å². The monoisotopic (exact) mass is 509 g/mol. The van der Waals surface area contributed by atoms with Crippen LogP contribution in [0.15, 0.2) is 83.7 Å². The fourth-order valence-electron chi connectivity index (χ4n) is 4.81. The molecule has 37 heavy (non-hydrogen) atoms. The van der Waals surface area contributed by atoms with E-state index in [4.69, 9.17) is 4.84 Å². The standard InChI is InChI=1S/C28H26F3N3O3/c29-28(30,31)22-12-10-20(11-13-22)18-26(35)32-16-14-23(15-17-32)33-24-8-4-5-9-25(24)34(27(33)36)37-19-21-6-2-1-3-7-21/h1-13,23H,14-19H2. The molecule has 0 N–H and O–H groups in total. The molecule has 5 rings (SSSR count). The highest BCUT2D eigenvalue weighted by atomic mass is 19.4. The zero-order chi connectivity index (χ0) is 26.0. The number of aromatic nitrogens is 2. The number of hydrogen-bond donors (Lipinski definition) is 0. The summed E-state index contributed by atoms with van der Waals surface area (Å²) >= 11 is 0. The van der Waals surface area contributed by atoms with E-state index in [0.29, 0.717) is 37.0 Å². The maximum absolute atomic E-state index is 13.4. The van der Waals surface area contributed by atoms with Crippen LogP contribution < -0.4 is 10.5 Å². The van der Waals surface area contributed by atoms with Crippen molar-refractivity contribution in [1.29, 1.82) is 0 Å². The van der Waals surface area contributed by atoms with Gasteiger partial charge in [-0.1, -0.05) is 54.6 Å². The predicted molar refractivity (Wildman–Crippen MR) is 133 cm³/mol. The van der Waals surface area contributed by atoms with Gasteiger partial charge in [0.2, 0.25) is 5.91 Å². The molecule has 0 saturated carbocycles. The molecule has 192 valence electrons. The highest BCUT2D eigenvalue weighted by Gasteiger charge is 2.31. The van der Waals surface area contributed by atoms with E-state index < -0.39 is 11.7 Å². The molecule has 0 bridgehead atoms. The van der Waals surface area contributed by atoms with E-state index in [0.717, 1.165) is 23.2 Å². The third-order valence-corrected chi connectivity index (χ3v) is 6.76. The van der Waals surface area contributed by atoms with Crippen LogP contribution in [-0.2, 0) is 24.0 Å². The lowest BCUT2D eigenvalue weighted by molar-refractivity contribution is -0.137. The molecule has 0 aliphatic carbocycles. The van der Waals surface area contributed by atoms with Crippen molar-refractivity contribution >= 4 is 16.9 Å². The molecule has 0 unspecified atom stereocenters. The molecular weight excluding hydrogens is 483 g/mol. The molecule has 2 heterocycles. The summed E-state index contributed by atoms with van der Waals surface area (Å²) in [5.41, 5.74) is 1.95. The zero-order valence-electron chi connectivity index (χ0n) is 20.0. The number of fused-ring (bicyclic) bond motifs is 1. The van der Waals surface area contributed by atoms with Crippen LogP contribution in [0, 0.1) is 0 Å². The van der Waals surface area contributed by atoms with E-state index in [1.54, 1.807) is 9.47 Å². The lowest BCUT2D eigenvalue weighted by Gasteiger charge is -2.32. The Morgan fingerprint density at radius 3 is 2.11 bits per heavy atom. The summed E-state index contributed by atoms with van der Waals surface area (Å²) in [4.78, 5) is 33.8. The number of alkyl halides is 3. The third-order valence-electron chi connectivity index (χ3n) is 6.76. The number of amides is 1. The lowest BCUT2D eigenvalue weighted by Crippen LogP contribution is -2.42. The van der Waals surface area contributed by atoms with E-state index in [9.17, 15) is 22.8 Å². The molecule has 1 aliphatic rings. The van der Waals surface area contributed by atoms with Crippen molar-refractivity contribution in [2.24, 2.45) is 0 Å². The number of carbonyl (C=O) groups excluding carboxylic acids is 1.